The van der Waals surface area contributed by atoms with Gasteiger partial charge in [-0.25, -0.2) is 0 Å². The second-order valence-electron chi connectivity index (χ2n) is 5.50. The van der Waals surface area contributed by atoms with Gasteiger partial charge >= 0.3 is 6.18 Å². The van der Waals surface area contributed by atoms with Gasteiger partial charge in [0.1, 0.15) is 0 Å². The normalized spacial score (nSPS) is 19.5. The van der Waals surface area contributed by atoms with Crippen LogP contribution in [0.3, 0.4) is 0 Å². The van der Waals surface area contributed by atoms with E-state index < -0.39 is 12.0 Å². The van der Waals surface area contributed by atoms with Crippen molar-refractivity contribution >= 4 is 5.78 Å². The lowest BCUT2D eigenvalue weighted by molar-refractivity contribution is -0.171. The topological polar surface area (TPSA) is 17.1 Å². The first-order valence-corrected chi connectivity index (χ1v) is 6.44. The first kappa shape index (κ1) is 14.5. The summed E-state index contributed by atoms with van der Waals surface area (Å²) < 4.78 is 35.7. The van der Waals surface area contributed by atoms with Crippen molar-refractivity contribution in [2.75, 3.05) is 0 Å². The smallest absolute Gasteiger partial charge is 0.290 e. The molecule has 4 heteroatoms. The molecule has 0 radical (unpaired) electrons. The van der Waals surface area contributed by atoms with Gasteiger partial charge in [-0.1, -0.05) is 32.6 Å². The van der Waals surface area contributed by atoms with Crippen molar-refractivity contribution < 1.29 is 18.0 Å². The third-order valence-electron chi connectivity index (χ3n) is 3.81. The molecule has 1 saturated carbocycles. The summed E-state index contributed by atoms with van der Waals surface area (Å²) in [5.74, 6) is -1.58. The molecule has 1 nitrogen and oxygen atoms in total. The van der Waals surface area contributed by atoms with Crippen LogP contribution in [0.4, 0.5) is 13.2 Å². The molecule has 1 fully saturated rings. The molecule has 0 aromatic carbocycles. The van der Waals surface area contributed by atoms with Crippen molar-refractivity contribution in [2.45, 2.75) is 70.9 Å². The average molecular weight is 250 g/mol. The van der Waals surface area contributed by atoms with Crippen LogP contribution in [-0.2, 0) is 4.79 Å². The van der Waals surface area contributed by atoms with E-state index in [0.717, 1.165) is 19.3 Å². The summed E-state index contributed by atoms with van der Waals surface area (Å²) in [6, 6.07) is 0. The lowest BCUT2D eigenvalue weighted by Crippen LogP contribution is -2.22. The highest BCUT2D eigenvalue weighted by molar-refractivity contribution is 5.83. The Labute approximate surface area is 101 Å². The molecule has 0 N–H and O–H groups in total. The number of Topliss-reactive ketones (excluding diaryl/α,β-unsaturated/α-hetero) is 1. The first-order chi connectivity index (χ1) is 7.83. The van der Waals surface area contributed by atoms with Crippen molar-refractivity contribution in [2.24, 2.45) is 5.41 Å². The fraction of sp³-hybridized carbons (Fsp3) is 0.923. The van der Waals surface area contributed by atoms with Crippen molar-refractivity contribution in [3.8, 4) is 0 Å². The van der Waals surface area contributed by atoms with Crippen molar-refractivity contribution in [1.29, 1.82) is 0 Å². The van der Waals surface area contributed by atoms with Gasteiger partial charge < -0.3 is 0 Å². The largest absolute Gasteiger partial charge is 0.449 e. The lowest BCUT2D eigenvalue weighted by atomic mass is 9.83. The maximum Gasteiger partial charge on any atom is 0.449 e. The Bertz CT molecular complexity index is 252. The Balaban J connectivity index is 2.07. The van der Waals surface area contributed by atoms with Crippen LogP contribution in [0.1, 0.15) is 64.7 Å². The van der Waals surface area contributed by atoms with Crippen LogP contribution in [0.25, 0.3) is 0 Å². The minimum atomic E-state index is -4.64. The van der Waals surface area contributed by atoms with Gasteiger partial charge in [-0.15, -0.1) is 0 Å². The molecule has 1 aliphatic rings. The Morgan fingerprint density at radius 3 is 2.24 bits per heavy atom. The van der Waals surface area contributed by atoms with E-state index >= 15 is 0 Å². The van der Waals surface area contributed by atoms with Crippen LogP contribution in [0.2, 0.25) is 0 Å². The molecule has 0 aliphatic heterocycles. The van der Waals surface area contributed by atoms with Crippen molar-refractivity contribution in [3.63, 3.8) is 0 Å². The van der Waals surface area contributed by atoms with E-state index in [1.807, 2.05) is 0 Å². The summed E-state index contributed by atoms with van der Waals surface area (Å²) in [5.41, 5.74) is 0.411. The van der Waals surface area contributed by atoms with Gasteiger partial charge in [0.2, 0.25) is 5.78 Å². The van der Waals surface area contributed by atoms with Gasteiger partial charge in [-0.2, -0.15) is 13.2 Å². The number of alkyl halides is 3. The van der Waals surface area contributed by atoms with Crippen LogP contribution >= 0.6 is 0 Å². The third-order valence-corrected chi connectivity index (χ3v) is 3.81. The Morgan fingerprint density at radius 2 is 1.71 bits per heavy atom. The van der Waals surface area contributed by atoms with Gasteiger partial charge in [0, 0.05) is 6.42 Å². The highest BCUT2D eigenvalue weighted by Crippen LogP contribution is 2.41. The fourth-order valence-corrected chi connectivity index (χ4v) is 2.63. The Morgan fingerprint density at radius 1 is 1.12 bits per heavy atom. The molecule has 0 spiro atoms. The van der Waals surface area contributed by atoms with Crippen molar-refractivity contribution in [3.05, 3.63) is 0 Å². The third kappa shape index (κ3) is 5.09. The number of ketones is 1. The van der Waals surface area contributed by atoms with Gasteiger partial charge in [-0.3, -0.25) is 4.79 Å². The Kier molecular flexibility index (Phi) is 5.02. The molecule has 100 valence electrons. The minimum absolute atomic E-state index is 0.347. The summed E-state index contributed by atoms with van der Waals surface area (Å²) >= 11 is 0. The second-order valence-corrected chi connectivity index (χ2v) is 5.50. The number of unbranched alkanes of at least 4 members (excludes halogenated alkanes) is 2. The number of carbonyl (C=O) groups is 1. The van der Waals surface area contributed by atoms with Gasteiger partial charge in [0.25, 0.3) is 0 Å². The van der Waals surface area contributed by atoms with E-state index in [9.17, 15) is 18.0 Å². The molecule has 0 saturated heterocycles. The van der Waals surface area contributed by atoms with Crippen LogP contribution in [-0.4, -0.2) is 12.0 Å². The number of carbonyl (C=O) groups excluding carboxylic acids is 1. The SMILES string of the molecule is CC1(CCCCCC(=O)C(F)(F)F)CCCC1. The quantitative estimate of drug-likeness (QED) is 0.627. The highest BCUT2D eigenvalue weighted by Gasteiger charge is 2.37. The monoisotopic (exact) mass is 250 g/mol. The van der Waals surface area contributed by atoms with E-state index in [2.05, 4.69) is 6.92 Å². The molecule has 0 aromatic rings. The minimum Gasteiger partial charge on any atom is -0.290 e. The van der Waals surface area contributed by atoms with E-state index in [0.29, 0.717) is 11.8 Å². The molecule has 0 aromatic heterocycles. The summed E-state index contributed by atoms with van der Waals surface area (Å²) in [6.07, 6.45) is 3.20. The molecule has 0 heterocycles. The van der Waals surface area contributed by atoms with Gasteiger partial charge in [-0.05, 0) is 31.1 Å². The van der Waals surface area contributed by atoms with E-state index in [1.165, 1.54) is 25.7 Å². The zero-order valence-electron chi connectivity index (χ0n) is 10.4. The summed E-state index contributed by atoms with van der Waals surface area (Å²) in [4.78, 5) is 10.6. The number of rotatable bonds is 6. The summed E-state index contributed by atoms with van der Waals surface area (Å²) in [5, 5.41) is 0. The molecule has 0 amide bonds. The maximum absolute atomic E-state index is 11.9. The molecule has 17 heavy (non-hydrogen) atoms. The molecular formula is C13H21F3O. The van der Waals surface area contributed by atoms with Crippen LogP contribution in [0.15, 0.2) is 0 Å². The zero-order valence-corrected chi connectivity index (χ0v) is 10.4. The predicted molar refractivity (Wildman–Crippen MR) is 60.7 cm³/mol. The lowest BCUT2D eigenvalue weighted by Gasteiger charge is -2.22. The highest BCUT2D eigenvalue weighted by atomic mass is 19.4. The molecule has 0 unspecified atom stereocenters. The number of hydrogen-bond acceptors (Lipinski definition) is 1. The van der Waals surface area contributed by atoms with Crippen LogP contribution < -0.4 is 0 Å². The van der Waals surface area contributed by atoms with E-state index in [-0.39, 0.29) is 6.42 Å². The van der Waals surface area contributed by atoms with E-state index in [1.54, 1.807) is 0 Å². The summed E-state index contributed by atoms with van der Waals surface area (Å²) in [7, 11) is 0. The maximum atomic E-state index is 11.9. The number of halogens is 3. The van der Waals surface area contributed by atoms with Crippen LogP contribution in [0.5, 0.6) is 0 Å². The molecule has 1 rings (SSSR count). The average Bonchev–Trinajstić information content (AvgIpc) is 2.63. The van der Waals surface area contributed by atoms with Crippen molar-refractivity contribution in [1.82, 2.24) is 0 Å². The Hall–Kier alpha value is -0.540. The standard InChI is InChI=1S/C13H21F3O/c1-12(9-5-6-10-12)8-4-2-3-7-11(17)13(14,15)16/h2-10H2,1H3. The molecule has 0 atom stereocenters. The molecule has 1 aliphatic carbocycles. The molecular weight excluding hydrogens is 229 g/mol. The fourth-order valence-electron chi connectivity index (χ4n) is 2.63. The predicted octanol–water partition coefficient (Wildman–Crippen LogP) is 4.65. The summed E-state index contributed by atoms with van der Waals surface area (Å²) in [6.45, 7) is 2.26. The second kappa shape index (κ2) is 5.87. The van der Waals surface area contributed by atoms with Gasteiger partial charge in [0.05, 0.1) is 0 Å². The van der Waals surface area contributed by atoms with Crippen LogP contribution in [0, 0.1) is 5.41 Å². The number of hydrogen-bond donors (Lipinski definition) is 0. The van der Waals surface area contributed by atoms with E-state index in [4.69, 9.17) is 0 Å². The first-order valence-electron chi connectivity index (χ1n) is 6.44. The van der Waals surface area contributed by atoms with Gasteiger partial charge in [0.15, 0.2) is 0 Å². The molecule has 0 bridgehead atoms. The zero-order chi connectivity index (χ0) is 12.9.